The number of para-hydroxylation sites is 1. The van der Waals surface area contributed by atoms with E-state index in [1.54, 1.807) is 6.20 Å². The Morgan fingerprint density at radius 3 is 2.76 bits per heavy atom. The highest BCUT2D eigenvalue weighted by Crippen LogP contribution is 2.29. The van der Waals surface area contributed by atoms with Crippen LogP contribution in [0.5, 0.6) is 11.6 Å². The van der Waals surface area contributed by atoms with Gasteiger partial charge in [0.1, 0.15) is 5.75 Å². The van der Waals surface area contributed by atoms with Crippen molar-refractivity contribution in [3.63, 3.8) is 0 Å². The van der Waals surface area contributed by atoms with Crippen LogP contribution in [0.15, 0.2) is 36.5 Å². The third-order valence-corrected chi connectivity index (χ3v) is 2.73. The van der Waals surface area contributed by atoms with Gasteiger partial charge in [-0.05, 0) is 36.6 Å². The van der Waals surface area contributed by atoms with Crippen LogP contribution in [0.3, 0.4) is 0 Å². The van der Waals surface area contributed by atoms with E-state index in [2.05, 4.69) is 11.9 Å². The third kappa shape index (κ3) is 2.38. The molecular formula is C14H16N2O. The number of anilines is 1. The number of hydrogen-bond acceptors (Lipinski definition) is 3. The normalized spacial score (nSPS) is 10.2. The van der Waals surface area contributed by atoms with E-state index in [-0.39, 0.29) is 0 Å². The Morgan fingerprint density at radius 1 is 1.24 bits per heavy atom. The molecule has 88 valence electrons. The van der Waals surface area contributed by atoms with Crippen LogP contribution < -0.4 is 10.5 Å². The highest BCUT2D eigenvalue weighted by atomic mass is 16.5. The summed E-state index contributed by atoms with van der Waals surface area (Å²) in [5, 5.41) is 0. The Bertz CT molecular complexity index is 523. The number of nitrogens with zero attached hydrogens (tertiary/aromatic N) is 1. The number of benzene rings is 1. The van der Waals surface area contributed by atoms with Crippen molar-refractivity contribution in [2.24, 2.45) is 0 Å². The predicted octanol–water partition coefficient (Wildman–Crippen LogP) is 3.33. The van der Waals surface area contributed by atoms with Crippen LogP contribution in [-0.4, -0.2) is 4.98 Å². The van der Waals surface area contributed by atoms with Gasteiger partial charge < -0.3 is 10.5 Å². The Balaban J connectivity index is 2.35. The van der Waals surface area contributed by atoms with Crippen LogP contribution in [0.4, 0.5) is 5.69 Å². The van der Waals surface area contributed by atoms with Gasteiger partial charge in [0.2, 0.25) is 5.88 Å². The molecule has 0 aliphatic heterocycles. The maximum absolute atomic E-state index is 5.93. The molecule has 2 aromatic rings. The Labute approximate surface area is 101 Å². The molecule has 0 aliphatic carbocycles. The standard InChI is InChI=1S/C14H16N2O/c1-3-11-6-4-5-7-12(11)17-14-13(15)10(2)8-9-16-14/h4-9H,3,15H2,1-2H3. The van der Waals surface area contributed by atoms with Gasteiger partial charge in [-0.15, -0.1) is 0 Å². The van der Waals surface area contributed by atoms with E-state index in [4.69, 9.17) is 10.5 Å². The average Bonchev–Trinajstić information content (AvgIpc) is 2.35. The minimum atomic E-state index is 0.478. The number of nitrogens with two attached hydrogens (primary N) is 1. The van der Waals surface area contributed by atoms with E-state index >= 15 is 0 Å². The lowest BCUT2D eigenvalue weighted by Gasteiger charge is -2.11. The van der Waals surface area contributed by atoms with Gasteiger partial charge in [0.05, 0.1) is 5.69 Å². The first-order valence-electron chi connectivity index (χ1n) is 5.69. The monoisotopic (exact) mass is 228 g/mol. The Morgan fingerprint density at radius 2 is 2.00 bits per heavy atom. The molecule has 0 aliphatic rings. The van der Waals surface area contributed by atoms with Gasteiger partial charge in [0, 0.05) is 6.20 Å². The van der Waals surface area contributed by atoms with Gasteiger partial charge in [-0.3, -0.25) is 0 Å². The summed E-state index contributed by atoms with van der Waals surface area (Å²) in [4.78, 5) is 4.16. The van der Waals surface area contributed by atoms with Crippen LogP contribution in [0, 0.1) is 6.92 Å². The summed E-state index contributed by atoms with van der Waals surface area (Å²) >= 11 is 0. The number of rotatable bonds is 3. The molecule has 0 unspecified atom stereocenters. The molecule has 1 aromatic carbocycles. The molecule has 0 atom stereocenters. The summed E-state index contributed by atoms with van der Waals surface area (Å²) in [6.45, 7) is 4.03. The van der Waals surface area contributed by atoms with Crippen LogP contribution in [0.1, 0.15) is 18.1 Å². The van der Waals surface area contributed by atoms with Crippen molar-refractivity contribution in [2.75, 3.05) is 5.73 Å². The smallest absolute Gasteiger partial charge is 0.242 e. The molecule has 2 N–H and O–H groups in total. The molecule has 0 radical (unpaired) electrons. The molecule has 17 heavy (non-hydrogen) atoms. The highest BCUT2D eigenvalue weighted by molar-refractivity contribution is 5.55. The van der Waals surface area contributed by atoms with Crippen molar-refractivity contribution < 1.29 is 4.74 Å². The number of nitrogen functional groups attached to an aromatic ring is 1. The van der Waals surface area contributed by atoms with Crippen LogP contribution in [-0.2, 0) is 6.42 Å². The number of ether oxygens (including phenoxy) is 1. The van der Waals surface area contributed by atoms with Crippen molar-refractivity contribution in [3.8, 4) is 11.6 Å². The second-order valence-electron chi connectivity index (χ2n) is 3.91. The first-order valence-corrected chi connectivity index (χ1v) is 5.69. The fraction of sp³-hybridized carbons (Fsp3) is 0.214. The zero-order valence-electron chi connectivity index (χ0n) is 10.1. The first kappa shape index (κ1) is 11.5. The van der Waals surface area contributed by atoms with Gasteiger partial charge in [-0.2, -0.15) is 0 Å². The summed E-state index contributed by atoms with van der Waals surface area (Å²) in [6.07, 6.45) is 2.62. The molecular weight excluding hydrogens is 212 g/mol. The molecule has 0 amide bonds. The quantitative estimate of drug-likeness (QED) is 0.876. The SMILES string of the molecule is CCc1ccccc1Oc1nccc(C)c1N. The molecule has 0 saturated carbocycles. The largest absolute Gasteiger partial charge is 0.437 e. The molecule has 0 saturated heterocycles. The highest BCUT2D eigenvalue weighted by Gasteiger charge is 2.08. The van der Waals surface area contributed by atoms with E-state index in [1.165, 1.54) is 0 Å². The van der Waals surface area contributed by atoms with Crippen molar-refractivity contribution in [2.45, 2.75) is 20.3 Å². The summed E-state index contributed by atoms with van der Waals surface area (Å²) in [7, 11) is 0. The third-order valence-electron chi connectivity index (χ3n) is 2.73. The molecule has 0 spiro atoms. The van der Waals surface area contributed by atoms with Gasteiger partial charge in [0.25, 0.3) is 0 Å². The second kappa shape index (κ2) is 4.87. The number of aromatic nitrogens is 1. The average molecular weight is 228 g/mol. The first-order chi connectivity index (χ1) is 8.22. The molecule has 3 heteroatoms. The maximum Gasteiger partial charge on any atom is 0.242 e. The van der Waals surface area contributed by atoms with Gasteiger partial charge >= 0.3 is 0 Å². The molecule has 1 aromatic heterocycles. The zero-order valence-corrected chi connectivity index (χ0v) is 10.1. The van der Waals surface area contributed by atoms with E-state index in [1.807, 2.05) is 37.3 Å². The van der Waals surface area contributed by atoms with E-state index in [0.717, 1.165) is 23.3 Å². The summed E-state index contributed by atoms with van der Waals surface area (Å²) in [6, 6.07) is 9.79. The van der Waals surface area contributed by atoms with Crippen molar-refractivity contribution in [1.82, 2.24) is 4.98 Å². The summed E-state index contributed by atoms with van der Waals surface area (Å²) < 4.78 is 5.78. The lowest BCUT2D eigenvalue weighted by Crippen LogP contribution is -1.98. The maximum atomic E-state index is 5.93. The van der Waals surface area contributed by atoms with Gasteiger partial charge in [-0.1, -0.05) is 25.1 Å². The van der Waals surface area contributed by atoms with E-state index < -0.39 is 0 Å². The molecule has 0 fully saturated rings. The lowest BCUT2D eigenvalue weighted by molar-refractivity contribution is 0.460. The zero-order chi connectivity index (χ0) is 12.3. The van der Waals surface area contributed by atoms with E-state index in [9.17, 15) is 0 Å². The fourth-order valence-electron chi connectivity index (χ4n) is 1.63. The number of aryl methyl sites for hydroxylation is 2. The minimum Gasteiger partial charge on any atom is -0.437 e. The van der Waals surface area contributed by atoms with Gasteiger partial charge in [-0.25, -0.2) is 4.98 Å². The lowest BCUT2D eigenvalue weighted by atomic mass is 10.1. The van der Waals surface area contributed by atoms with E-state index in [0.29, 0.717) is 11.6 Å². The van der Waals surface area contributed by atoms with Crippen molar-refractivity contribution in [3.05, 3.63) is 47.7 Å². The minimum absolute atomic E-state index is 0.478. The van der Waals surface area contributed by atoms with Crippen LogP contribution in [0.2, 0.25) is 0 Å². The van der Waals surface area contributed by atoms with Crippen LogP contribution in [0.25, 0.3) is 0 Å². The summed E-state index contributed by atoms with van der Waals surface area (Å²) in [5.41, 5.74) is 8.65. The molecule has 1 heterocycles. The molecule has 3 nitrogen and oxygen atoms in total. The van der Waals surface area contributed by atoms with Crippen LogP contribution >= 0.6 is 0 Å². The number of hydrogen-bond donors (Lipinski definition) is 1. The Kier molecular flexibility index (Phi) is 3.28. The second-order valence-corrected chi connectivity index (χ2v) is 3.91. The predicted molar refractivity (Wildman–Crippen MR) is 69.3 cm³/mol. The van der Waals surface area contributed by atoms with Crippen molar-refractivity contribution >= 4 is 5.69 Å². The van der Waals surface area contributed by atoms with Gasteiger partial charge in [0.15, 0.2) is 0 Å². The Hall–Kier alpha value is -2.03. The molecule has 2 rings (SSSR count). The summed E-state index contributed by atoms with van der Waals surface area (Å²) in [5.74, 6) is 1.30. The van der Waals surface area contributed by atoms with Crippen molar-refractivity contribution in [1.29, 1.82) is 0 Å². The number of pyridine rings is 1. The fourth-order valence-corrected chi connectivity index (χ4v) is 1.63. The molecule has 0 bridgehead atoms. The topological polar surface area (TPSA) is 48.1 Å².